The summed E-state index contributed by atoms with van der Waals surface area (Å²) in [6, 6.07) is 0. The second-order valence-corrected chi connectivity index (χ2v) is 36.4. The van der Waals surface area contributed by atoms with E-state index in [-0.39, 0.29) is 24.8 Å². The van der Waals surface area contributed by atoms with Gasteiger partial charge in [0.25, 0.3) is 0 Å². The van der Waals surface area contributed by atoms with Gasteiger partial charge in [-0.25, -0.2) is 0 Å². The van der Waals surface area contributed by atoms with Crippen LogP contribution in [0.2, 0.25) is 9.26 Å². The van der Waals surface area contributed by atoms with Gasteiger partial charge >= 0.3 is 132 Å². The first-order chi connectivity index (χ1) is 9.80. The molecule has 1 unspecified atom stereocenters. The van der Waals surface area contributed by atoms with Gasteiger partial charge in [-0.15, -0.1) is 24.8 Å². The third-order valence-corrected chi connectivity index (χ3v) is 21.7. The van der Waals surface area contributed by atoms with Crippen LogP contribution in [0, 0.1) is 5.92 Å². The number of hydrogen-bond donors (Lipinski definition) is 0. The van der Waals surface area contributed by atoms with Crippen molar-refractivity contribution in [2.45, 2.75) is 36.0 Å². The number of hydrogen-bond acceptors (Lipinski definition) is 0. The van der Waals surface area contributed by atoms with Gasteiger partial charge in [-0.3, -0.25) is 0 Å². The topological polar surface area (TPSA) is 0 Å². The maximum absolute atomic E-state index is 3.02. The fraction of sp³-hybridized carbons (Fsp3) is 0.368. The second kappa shape index (κ2) is 7.16. The van der Waals surface area contributed by atoms with Crippen LogP contribution in [0.25, 0.3) is 0 Å². The maximum Gasteiger partial charge on any atom is -0.147 e. The van der Waals surface area contributed by atoms with Crippen LogP contribution < -0.4 is 0 Å². The molecule has 23 heavy (non-hydrogen) atoms. The molecule has 1 atom stereocenters. The van der Waals surface area contributed by atoms with E-state index >= 15 is 0 Å². The van der Waals surface area contributed by atoms with Crippen molar-refractivity contribution in [1.29, 1.82) is 0 Å². The van der Waals surface area contributed by atoms with Gasteiger partial charge in [-0.1, -0.05) is 0 Å². The summed E-state index contributed by atoms with van der Waals surface area (Å²) >= 11 is -3.02. The molecule has 3 aliphatic rings. The zero-order chi connectivity index (χ0) is 15.3. The average Bonchev–Trinajstić information content (AvgIpc) is 2.99. The van der Waals surface area contributed by atoms with Crippen LogP contribution in [0.15, 0.2) is 65.8 Å². The van der Waals surface area contributed by atoms with Crippen molar-refractivity contribution in [3.05, 3.63) is 65.8 Å². The first-order valence-electron chi connectivity index (χ1n) is 8.04. The van der Waals surface area contributed by atoms with E-state index in [2.05, 4.69) is 72.5 Å². The molecule has 3 rings (SSSR count). The maximum atomic E-state index is 2.62. The smallest absolute Gasteiger partial charge is 0.147 e. The standard InChI is InChI=1S/C12H13.C5H5.2CH3.2ClH.H2Si.Zr/c1-9-7-11-6-4-3-5-10(2)12(11)8-9;1-2-4-5-3-1;;;;;;/h3-4,6,8,10H,5H2,1-2H3;1-3H,4H2;2*1H3;2*1H;1H2;. The first kappa shape index (κ1) is 21.2. The number of rotatable bonds is 2. The van der Waals surface area contributed by atoms with Crippen LogP contribution in [0.4, 0.5) is 0 Å². The zero-order valence-electron chi connectivity index (χ0n) is 14.6. The van der Waals surface area contributed by atoms with Gasteiger partial charge in [0.2, 0.25) is 0 Å². The summed E-state index contributed by atoms with van der Waals surface area (Å²) in [5.74, 6) is 0.645. The van der Waals surface area contributed by atoms with E-state index in [1.165, 1.54) is 18.4 Å². The summed E-state index contributed by atoms with van der Waals surface area (Å²) < 4.78 is 8.71. The summed E-state index contributed by atoms with van der Waals surface area (Å²) in [7, 11) is 0. The molecule has 0 nitrogen and oxygen atoms in total. The Balaban J connectivity index is 0.00000132. The Bertz CT molecular complexity index is 754. The Morgan fingerprint density at radius 2 is 1.74 bits per heavy atom. The molecular formula is C19H28Cl2SiZr. The van der Waals surface area contributed by atoms with Gasteiger partial charge in [0.1, 0.15) is 0 Å². The number of halogens is 2. The van der Waals surface area contributed by atoms with Crippen LogP contribution in [-0.2, 0) is 17.4 Å². The Labute approximate surface area is 155 Å². The summed E-state index contributed by atoms with van der Waals surface area (Å²) in [6.07, 6.45) is 18.8. The second-order valence-electron chi connectivity index (χ2n) is 7.81. The Morgan fingerprint density at radius 1 is 1.09 bits per heavy atom. The van der Waals surface area contributed by atoms with Gasteiger partial charge in [0.15, 0.2) is 0 Å². The molecule has 0 bridgehead atoms. The van der Waals surface area contributed by atoms with Crippen molar-refractivity contribution in [1.82, 2.24) is 0 Å². The fourth-order valence-corrected chi connectivity index (χ4v) is 18.7. The van der Waals surface area contributed by atoms with Crippen LogP contribution in [0.1, 0.15) is 26.7 Å². The molecule has 0 N–H and O–H groups in total. The predicted octanol–water partition coefficient (Wildman–Crippen LogP) is 5.74. The summed E-state index contributed by atoms with van der Waals surface area (Å²) in [6.45, 7) is 7.06. The van der Waals surface area contributed by atoms with Crippen molar-refractivity contribution < 1.29 is 17.4 Å². The average molecular weight is 447 g/mol. The number of allylic oxidation sites excluding steroid dienone is 12. The Kier molecular flexibility index (Phi) is 6.59. The molecule has 0 radical (unpaired) electrons. The van der Waals surface area contributed by atoms with Gasteiger partial charge in [-0.2, -0.15) is 0 Å². The molecule has 0 aromatic heterocycles. The van der Waals surface area contributed by atoms with Crippen molar-refractivity contribution >= 4 is 31.7 Å². The third kappa shape index (κ3) is 3.56. The van der Waals surface area contributed by atoms with E-state index < -0.39 is 17.4 Å². The van der Waals surface area contributed by atoms with E-state index in [1.807, 2.05) is 0 Å². The Hall–Kier alpha value is 0.120. The molecule has 0 saturated heterocycles. The molecule has 0 amide bonds. The fourth-order valence-electron chi connectivity index (χ4n) is 4.17. The molecule has 4 heteroatoms. The van der Waals surface area contributed by atoms with E-state index in [0.29, 0.717) is 5.92 Å². The van der Waals surface area contributed by atoms with Crippen molar-refractivity contribution in [3.63, 3.8) is 0 Å². The van der Waals surface area contributed by atoms with E-state index in [4.69, 9.17) is 0 Å². The van der Waals surface area contributed by atoms with Crippen molar-refractivity contribution in [2.75, 3.05) is 0 Å². The third-order valence-electron chi connectivity index (χ3n) is 5.37. The van der Waals surface area contributed by atoms with Crippen LogP contribution >= 0.6 is 24.8 Å². The minimum Gasteiger partial charge on any atom is -0.147 e. The zero-order valence-corrected chi connectivity index (χ0v) is 20.1. The molecule has 0 fully saturated rings. The number of fused-ring (bicyclic) bond motifs is 1. The molecule has 0 aliphatic heterocycles. The summed E-state index contributed by atoms with van der Waals surface area (Å²) in [4.78, 5) is 0. The molecule has 0 aromatic carbocycles. The van der Waals surface area contributed by atoms with Crippen molar-refractivity contribution in [2.24, 2.45) is 5.92 Å². The van der Waals surface area contributed by atoms with Crippen LogP contribution in [0.5, 0.6) is 0 Å². The van der Waals surface area contributed by atoms with E-state index in [0.717, 1.165) is 0 Å². The monoisotopic (exact) mass is 444 g/mol. The molecule has 126 valence electrons. The van der Waals surface area contributed by atoms with Gasteiger partial charge in [-0.05, 0) is 0 Å². The SMILES string of the molecule is CC1=[C]([Zr]([CH3])([CH3])(=[SiH2])[C]2=CC=CC2)C2=CC=CCC(C)C2=C1.Cl.Cl. The molecular weight excluding hydrogens is 418 g/mol. The first-order valence-corrected chi connectivity index (χ1v) is 21.3. The summed E-state index contributed by atoms with van der Waals surface area (Å²) in [5, 5.41) is 0. The molecule has 0 aromatic rings. The molecule has 0 spiro atoms. The van der Waals surface area contributed by atoms with E-state index in [1.54, 1.807) is 17.7 Å². The van der Waals surface area contributed by atoms with Crippen LogP contribution in [-0.4, -0.2) is 6.88 Å². The predicted molar refractivity (Wildman–Crippen MR) is 108 cm³/mol. The molecule has 0 heterocycles. The molecule has 3 aliphatic carbocycles. The Morgan fingerprint density at radius 3 is 2.35 bits per heavy atom. The van der Waals surface area contributed by atoms with E-state index in [9.17, 15) is 0 Å². The minimum atomic E-state index is -3.02. The van der Waals surface area contributed by atoms with Crippen LogP contribution in [0.3, 0.4) is 0 Å². The largest absolute Gasteiger partial charge is 0.147 e. The van der Waals surface area contributed by atoms with Gasteiger partial charge < -0.3 is 0 Å². The van der Waals surface area contributed by atoms with Crippen molar-refractivity contribution in [3.8, 4) is 0 Å². The van der Waals surface area contributed by atoms with Gasteiger partial charge in [0, 0.05) is 0 Å². The minimum absolute atomic E-state index is 0. The summed E-state index contributed by atoms with van der Waals surface area (Å²) in [5.41, 5.74) is 4.68. The van der Waals surface area contributed by atoms with Gasteiger partial charge in [0.05, 0.1) is 0 Å². The molecule has 0 saturated carbocycles. The normalized spacial score (nSPS) is 23.3. The quantitative estimate of drug-likeness (QED) is 0.474.